The van der Waals surface area contributed by atoms with Crippen molar-refractivity contribution < 1.29 is 14.3 Å². The highest BCUT2D eigenvalue weighted by Crippen LogP contribution is 2.58. The number of benzene rings is 1. The molecule has 2 aliphatic rings. The number of rotatable bonds is 7. The molecule has 2 fully saturated rings. The molecule has 1 spiro atoms. The Morgan fingerprint density at radius 2 is 1.60 bits per heavy atom. The van der Waals surface area contributed by atoms with Crippen LogP contribution in [-0.2, 0) is 17.9 Å². The molecule has 0 aliphatic heterocycles. The molecule has 3 N–H and O–H groups in total. The van der Waals surface area contributed by atoms with Gasteiger partial charge in [-0.25, -0.2) is 4.79 Å². The van der Waals surface area contributed by atoms with Crippen LogP contribution in [0.4, 0.5) is 4.79 Å². The SMILES string of the molecule is COc1ccc(CNC(=O)NC2CC3(C2)CC(C(=O)NCc2ccncc2)C3)cc1. The number of methoxy groups -OCH3 is 1. The summed E-state index contributed by atoms with van der Waals surface area (Å²) in [6.07, 6.45) is 7.21. The van der Waals surface area contributed by atoms with Crippen molar-refractivity contribution in [2.24, 2.45) is 11.3 Å². The number of carbonyl (C=O) groups is 2. The monoisotopic (exact) mass is 408 g/mol. The van der Waals surface area contributed by atoms with Gasteiger partial charge in [0, 0.05) is 37.4 Å². The maximum Gasteiger partial charge on any atom is 0.315 e. The number of pyridine rings is 1. The fourth-order valence-corrected chi connectivity index (χ4v) is 4.59. The van der Waals surface area contributed by atoms with Crippen LogP contribution < -0.4 is 20.7 Å². The number of amides is 3. The second-order valence-electron chi connectivity index (χ2n) is 8.46. The van der Waals surface area contributed by atoms with Crippen molar-refractivity contribution in [2.75, 3.05) is 7.11 Å². The number of carbonyl (C=O) groups excluding carboxylic acids is 2. The van der Waals surface area contributed by atoms with Gasteiger partial charge in [-0.3, -0.25) is 9.78 Å². The fraction of sp³-hybridized carbons (Fsp3) is 0.435. The lowest BCUT2D eigenvalue weighted by Gasteiger charge is -2.57. The Balaban J connectivity index is 1.12. The normalized spacial score (nSPS) is 24.3. The lowest BCUT2D eigenvalue weighted by molar-refractivity contribution is -0.138. The van der Waals surface area contributed by atoms with Gasteiger partial charge in [-0.05, 0) is 66.5 Å². The Morgan fingerprint density at radius 1 is 0.967 bits per heavy atom. The number of nitrogens with zero attached hydrogens (tertiary/aromatic N) is 1. The van der Waals surface area contributed by atoms with E-state index < -0.39 is 0 Å². The molecule has 1 aromatic heterocycles. The second-order valence-corrected chi connectivity index (χ2v) is 8.46. The minimum atomic E-state index is -0.142. The molecular weight excluding hydrogens is 380 g/mol. The standard InChI is InChI=1S/C23H28N4O3/c1-30-20-4-2-16(3-5-20)15-26-22(29)27-19-12-23(13-19)10-18(11-23)21(28)25-14-17-6-8-24-9-7-17/h2-9,18-19H,10-15H2,1H3,(H,25,28)(H2,26,27,29). The van der Waals surface area contributed by atoms with Gasteiger partial charge in [-0.15, -0.1) is 0 Å². The first-order chi connectivity index (χ1) is 14.5. The number of ether oxygens (including phenoxy) is 1. The summed E-state index contributed by atoms with van der Waals surface area (Å²) in [6, 6.07) is 11.5. The van der Waals surface area contributed by atoms with E-state index in [-0.39, 0.29) is 29.3 Å². The molecule has 0 atom stereocenters. The summed E-state index contributed by atoms with van der Waals surface area (Å²) >= 11 is 0. The maximum atomic E-state index is 12.3. The third-order valence-electron chi connectivity index (χ3n) is 6.25. The zero-order chi connectivity index (χ0) is 21.0. The molecule has 0 saturated heterocycles. The van der Waals surface area contributed by atoms with E-state index in [1.807, 2.05) is 36.4 Å². The van der Waals surface area contributed by atoms with Gasteiger partial charge in [0.1, 0.15) is 5.75 Å². The van der Waals surface area contributed by atoms with Crippen LogP contribution >= 0.6 is 0 Å². The van der Waals surface area contributed by atoms with E-state index in [4.69, 9.17) is 4.74 Å². The predicted molar refractivity (Wildman–Crippen MR) is 113 cm³/mol. The Morgan fingerprint density at radius 3 is 2.27 bits per heavy atom. The number of hydrogen-bond acceptors (Lipinski definition) is 4. The summed E-state index contributed by atoms with van der Waals surface area (Å²) < 4.78 is 5.13. The third kappa shape index (κ3) is 4.72. The highest BCUT2D eigenvalue weighted by atomic mass is 16.5. The number of hydrogen-bond donors (Lipinski definition) is 3. The van der Waals surface area contributed by atoms with Gasteiger partial charge in [0.2, 0.25) is 5.91 Å². The van der Waals surface area contributed by atoms with Gasteiger partial charge < -0.3 is 20.7 Å². The van der Waals surface area contributed by atoms with Crippen molar-refractivity contribution in [1.82, 2.24) is 20.9 Å². The van der Waals surface area contributed by atoms with Crippen LogP contribution in [0.15, 0.2) is 48.8 Å². The van der Waals surface area contributed by atoms with Crippen LogP contribution in [0.2, 0.25) is 0 Å². The summed E-state index contributed by atoms with van der Waals surface area (Å²) in [5.74, 6) is 1.02. The van der Waals surface area contributed by atoms with Crippen molar-refractivity contribution in [1.29, 1.82) is 0 Å². The topological polar surface area (TPSA) is 92.4 Å². The molecule has 0 radical (unpaired) electrons. The minimum Gasteiger partial charge on any atom is -0.497 e. The molecule has 1 aromatic carbocycles. The molecule has 2 aliphatic carbocycles. The highest BCUT2D eigenvalue weighted by molar-refractivity contribution is 5.80. The van der Waals surface area contributed by atoms with Crippen molar-refractivity contribution in [3.05, 3.63) is 59.9 Å². The molecule has 158 valence electrons. The van der Waals surface area contributed by atoms with E-state index >= 15 is 0 Å². The third-order valence-corrected chi connectivity index (χ3v) is 6.25. The molecule has 7 nitrogen and oxygen atoms in total. The average molecular weight is 409 g/mol. The summed E-state index contributed by atoms with van der Waals surface area (Å²) in [4.78, 5) is 28.5. The van der Waals surface area contributed by atoms with Gasteiger partial charge in [-0.2, -0.15) is 0 Å². The lowest BCUT2D eigenvalue weighted by atomic mass is 9.50. The van der Waals surface area contributed by atoms with Crippen LogP contribution in [0.3, 0.4) is 0 Å². The minimum absolute atomic E-state index is 0.0942. The second kappa shape index (κ2) is 8.73. The Bertz CT molecular complexity index is 871. The zero-order valence-electron chi connectivity index (χ0n) is 17.2. The van der Waals surface area contributed by atoms with Crippen molar-refractivity contribution >= 4 is 11.9 Å². The van der Waals surface area contributed by atoms with E-state index in [2.05, 4.69) is 20.9 Å². The lowest BCUT2D eigenvalue weighted by Crippen LogP contribution is -2.59. The van der Waals surface area contributed by atoms with Gasteiger partial charge in [0.05, 0.1) is 7.11 Å². The van der Waals surface area contributed by atoms with E-state index in [9.17, 15) is 9.59 Å². The molecule has 0 bridgehead atoms. The number of nitrogens with one attached hydrogen (secondary N) is 3. The van der Waals surface area contributed by atoms with Crippen LogP contribution in [0, 0.1) is 11.3 Å². The zero-order valence-corrected chi connectivity index (χ0v) is 17.2. The summed E-state index contributed by atoms with van der Waals surface area (Å²) in [5, 5.41) is 8.96. The van der Waals surface area contributed by atoms with Crippen molar-refractivity contribution in [3.63, 3.8) is 0 Å². The quantitative estimate of drug-likeness (QED) is 0.657. The first kappa shape index (κ1) is 20.2. The van der Waals surface area contributed by atoms with Crippen LogP contribution in [-0.4, -0.2) is 30.1 Å². The number of urea groups is 1. The van der Waals surface area contributed by atoms with Gasteiger partial charge in [0.15, 0.2) is 0 Å². The Hall–Kier alpha value is -3.09. The molecule has 0 unspecified atom stereocenters. The smallest absolute Gasteiger partial charge is 0.315 e. The van der Waals surface area contributed by atoms with E-state index in [1.165, 1.54) is 0 Å². The molecule has 1 heterocycles. The van der Waals surface area contributed by atoms with Crippen molar-refractivity contribution in [2.45, 2.75) is 44.8 Å². The molecule has 2 saturated carbocycles. The largest absolute Gasteiger partial charge is 0.497 e. The summed E-state index contributed by atoms with van der Waals surface area (Å²) in [6.45, 7) is 1.02. The van der Waals surface area contributed by atoms with Gasteiger partial charge in [-0.1, -0.05) is 12.1 Å². The molecule has 30 heavy (non-hydrogen) atoms. The van der Waals surface area contributed by atoms with E-state index in [0.29, 0.717) is 13.1 Å². The molecule has 2 aromatic rings. The molecular formula is C23H28N4O3. The summed E-state index contributed by atoms with van der Waals surface area (Å²) in [5.41, 5.74) is 2.32. The van der Waals surface area contributed by atoms with Crippen LogP contribution in [0.25, 0.3) is 0 Å². The van der Waals surface area contributed by atoms with Gasteiger partial charge in [0.25, 0.3) is 0 Å². The van der Waals surface area contributed by atoms with Crippen LogP contribution in [0.5, 0.6) is 5.75 Å². The van der Waals surface area contributed by atoms with E-state index in [0.717, 1.165) is 42.6 Å². The highest BCUT2D eigenvalue weighted by Gasteiger charge is 2.54. The van der Waals surface area contributed by atoms with Crippen molar-refractivity contribution in [3.8, 4) is 5.75 Å². The predicted octanol–water partition coefficient (Wildman–Crippen LogP) is 2.76. The van der Waals surface area contributed by atoms with Gasteiger partial charge >= 0.3 is 6.03 Å². The Kier molecular flexibility index (Phi) is 5.88. The van der Waals surface area contributed by atoms with Crippen LogP contribution in [0.1, 0.15) is 36.8 Å². The molecule has 4 rings (SSSR count). The first-order valence-corrected chi connectivity index (χ1v) is 10.4. The van der Waals surface area contributed by atoms with E-state index in [1.54, 1.807) is 19.5 Å². The Labute approximate surface area is 176 Å². The molecule has 3 amide bonds. The molecule has 7 heteroatoms. The fourth-order valence-electron chi connectivity index (χ4n) is 4.59. The maximum absolute atomic E-state index is 12.3. The number of aromatic nitrogens is 1. The first-order valence-electron chi connectivity index (χ1n) is 10.4. The summed E-state index contributed by atoms with van der Waals surface area (Å²) in [7, 11) is 1.63. The average Bonchev–Trinajstić information content (AvgIpc) is 2.72.